The van der Waals surface area contributed by atoms with Gasteiger partial charge in [-0.15, -0.1) is 0 Å². The van der Waals surface area contributed by atoms with E-state index < -0.39 is 6.10 Å². The van der Waals surface area contributed by atoms with Gasteiger partial charge in [-0.05, 0) is 37.1 Å². The molecule has 3 nitrogen and oxygen atoms in total. The van der Waals surface area contributed by atoms with E-state index in [4.69, 9.17) is 16.7 Å². The van der Waals surface area contributed by atoms with Crippen LogP contribution in [0.3, 0.4) is 0 Å². The number of rotatable bonds is 8. The lowest BCUT2D eigenvalue weighted by Gasteiger charge is -2.22. The summed E-state index contributed by atoms with van der Waals surface area (Å²) >= 11 is 9.47. The summed E-state index contributed by atoms with van der Waals surface area (Å²) in [6, 6.07) is 5.51. The SMILES string of the molecule is CCCN(CCO)CCC(O)c1ccc(Br)cc1Cl. The molecule has 0 bridgehead atoms. The molecule has 0 spiro atoms. The minimum absolute atomic E-state index is 0.148. The predicted molar refractivity (Wildman–Crippen MR) is 82.5 cm³/mol. The summed E-state index contributed by atoms with van der Waals surface area (Å²) in [6.07, 6.45) is 1.08. The molecule has 0 aromatic heterocycles. The number of aliphatic hydroxyl groups is 2. The van der Waals surface area contributed by atoms with Crippen molar-refractivity contribution in [1.82, 2.24) is 4.90 Å². The molecule has 1 aromatic rings. The average Bonchev–Trinajstić information content (AvgIpc) is 2.36. The Labute approximate surface area is 128 Å². The van der Waals surface area contributed by atoms with Gasteiger partial charge in [-0.3, -0.25) is 0 Å². The van der Waals surface area contributed by atoms with Gasteiger partial charge in [0, 0.05) is 22.6 Å². The van der Waals surface area contributed by atoms with Gasteiger partial charge in [0.1, 0.15) is 0 Å². The maximum Gasteiger partial charge on any atom is 0.0816 e. The fourth-order valence-corrected chi connectivity index (χ4v) is 2.82. The monoisotopic (exact) mass is 349 g/mol. The lowest BCUT2D eigenvalue weighted by molar-refractivity contribution is 0.131. The summed E-state index contributed by atoms with van der Waals surface area (Å²) in [5.41, 5.74) is 0.755. The normalized spacial score (nSPS) is 12.9. The number of hydrogen-bond acceptors (Lipinski definition) is 3. The van der Waals surface area contributed by atoms with Crippen LogP contribution in [0.1, 0.15) is 31.4 Å². The number of halogens is 2. The number of hydrogen-bond donors (Lipinski definition) is 2. The second-order valence-corrected chi connectivity index (χ2v) is 5.86. The topological polar surface area (TPSA) is 43.7 Å². The maximum atomic E-state index is 10.2. The molecule has 0 saturated heterocycles. The lowest BCUT2D eigenvalue weighted by atomic mass is 10.1. The summed E-state index contributed by atoms with van der Waals surface area (Å²) in [4.78, 5) is 2.15. The Balaban J connectivity index is 2.55. The van der Waals surface area contributed by atoms with E-state index in [0.29, 0.717) is 18.0 Å². The first-order valence-corrected chi connectivity index (χ1v) is 7.71. The Hall–Kier alpha value is -0.130. The molecule has 0 heterocycles. The highest BCUT2D eigenvalue weighted by molar-refractivity contribution is 9.10. The molecule has 0 fully saturated rings. The van der Waals surface area contributed by atoms with Gasteiger partial charge in [-0.25, -0.2) is 0 Å². The van der Waals surface area contributed by atoms with Crippen molar-refractivity contribution in [2.75, 3.05) is 26.2 Å². The maximum absolute atomic E-state index is 10.2. The van der Waals surface area contributed by atoms with Crippen LogP contribution in [0, 0.1) is 0 Å². The van der Waals surface area contributed by atoms with Gasteiger partial charge < -0.3 is 15.1 Å². The lowest BCUT2D eigenvalue weighted by Crippen LogP contribution is -2.29. The van der Waals surface area contributed by atoms with Crippen LogP contribution >= 0.6 is 27.5 Å². The van der Waals surface area contributed by atoms with E-state index in [0.717, 1.165) is 29.5 Å². The molecule has 0 aliphatic heterocycles. The third kappa shape index (κ3) is 5.79. The molecule has 0 aliphatic rings. The zero-order valence-electron chi connectivity index (χ0n) is 11.1. The van der Waals surface area contributed by atoms with Gasteiger partial charge in [0.25, 0.3) is 0 Å². The number of benzene rings is 1. The molecule has 2 N–H and O–H groups in total. The third-order valence-electron chi connectivity index (χ3n) is 3.00. The van der Waals surface area contributed by atoms with Crippen LogP contribution in [-0.4, -0.2) is 41.4 Å². The third-order valence-corrected chi connectivity index (χ3v) is 3.82. The Morgan fingerprint density at radius 3 is 2.63 bits per heavy atom. The molecular formula is C14H21BrClNO2. The Kier molecular flexibility index (Phi) is 7.95. The highest BCUT2D eigenvalue weighted by Gasteiger charge is 2.13. The van der Waals surface area contributed by atoms with Gasteiger partial charge in [0.05, 0.1) is 12.7 Å². The van der Waals surface area contributed by atoms with Gasteiger partial charge in [-0.1, -0.05) is 40.5 Å². The summed E-state index contributed by atoms with van der Waals surface area (Å²) in [7, 11) is 0. The van der Waals surface area contributed by atoms with E-state index in [1.165, 1.54) is 0 Å². The number of nitrogens with zero attached hydrogens (tertiary/aromatic N) is 1. The first kappa shape index (κ1) is 16.9. The van der Waals surface area contributed by atoms with Crippen LogP contribution in [0.25, 0.3) is 0 Å². The van der Waals surface area contributed by atoms with E-state index in [2.05, 4.69) is 27.8 Å². The standard InChI is InChI=1S/C14H21BrClNO2/c1-2-6-17(8-9-18)7-5-14(19)12-4-3-11(15)10-13(12)16/h3-4,10,14,18-19H,2,5-9H2,1H3. The van der Waals surface area contributed by atoms with Gasteiger partial charge in [0.2, 0.25) is 0 Å². The fraction of sp³-hybridized carbons (Fsp3) is 0.571. The molecule has 1 aromatic carbocycles. The van der Waals surface area contributed by atoms with E-state index in [-0.39, 0.29) is 6.61 Å². The van der Waals surface area contributed by atoms with Gasteiger partial charge >= 0.3 is 0 Å². The molecule has 0 aliphatic carbocycles. The van der Waals surface area contributed by atoms with Gasteiger partial charge in [0.15, 0.2) is 0 Å². The summed E-state index contributed by atoms with van der Waals surface area (Å²) in [6.45, 7) is 4.58. The van der Waals surface area contributed by atoms with Gasteiger partial charge in [-0.2, -0.15) is 0 Å². The molecule has 1 rings (SSSR count). The van der Waals surface area contributed by atoms with Crippen molar-refractivity contribution >= 4 is 27.5 Å². The zero-order valence-corrected chi connectivity index (χ0v) is 13.5. The summed E-state index contributed by atoms with van der Waals surface area (Å²) < 4.78 is 0.904. The Morgan fingerprint density at radius 2 is 2.05 bits per heavy atom. The first-order chi connectivity index (χ1) is 9.08. The first-order valence-electron chi connectivity index (χ1n) is 6.54. The van der Waals surface area contributed by atoms with Crippen molar-refractivity contribution in [3.63, 3.8) is 0 Å². The average molecular weight is 351 g/mol. The minimum Gasteiger partial charge on any atom is -0.395 e. The quantitative estimate of drug-likeness (QED) is 0.756. The van der Waals surface area contributed by atoms with E-state index in [9.17, 15) is 5.11 Å². The van der Waals surface area contributed by atoms with E-state index in [1.54, 1.807) is 6.07 Å². The molecule has 0 amide bonds. The molecule has 1 atom stereocenters. The summed E-state index contributed by atoms with van der Waals surface area (Å²) in [5, 5.41) is 19.8. The van der Waals surface area contributed by atoms with Crippen LogP contribution < -0.4 is 0 Å². The molecule has 1 unspecified atom stereocenters. The van der Waals surface area contributed by atoms with Crippen molar-refractivity contribution in [3.8, 4) is 0 Å². The largest absolute Gasteiger partial charge is 0.395 e. The zero-order chi connectivity index (χ0) is 14.3. The van der Waals surface area contributed by atoms with Crippen LogP contribution in [0.15, 0.2) is 22.7 Å². The van der Waals surface area contributed by atoms with Crippen molar-refractivity contribution < 1.29 is 10.2 Å². The molecule has 0 saturated carbocycles. The Bertz CT molecular complexity index is 384. The van der Waals surface area contributed by atoms with Crippen molar-refractivity contribution in [3.05, 3.63) is 33.3 Å². The van der Waals surface area contributed by atoms with Crippen LogP contribution in [-0.2, 0) is 0 Å². The van der Waals surface area contributed by atoms with Crippen LogP contribution in [0.2, 0.25) is 5.02 Å². The molecule has 0 radical (unpaired) electrons. The highest BCUT2D eigenvalue weighted by atomic mass is 79.9. The fourth-order valence-electron chi connectivity index (χ4n) is 2.03. The van der Waals surface area contributed by atoms with Crippen molar-refractivity contribution in [1.29, 1.82) is 0 Å². The van der Waals surface area contributed by atoms with E-state index in [1.807, 2.05) is 12.1 Å². The second kappa shape index (κ2) is 8.93. The molecule has 108 valence electrons. The van der Waals surface area contributed by atoms with Crippen LogP contribution in [0.5, 0.6) is 0 Å². The smallest absolute Gasteiger partial charge is 0.0816 e. The van der Waals surface area contributed by atoms with Crippen molar-refractivity contribution in [2.24, 2.45) is 0 Å². The summed E-state index contributed by atoms with van der Waals surface area (Å²) in [5.74, 6) is 0. The molecule has 19 heavy (non-hydrogen) atoms. The van der Waals surface area contributed by atoms with E-state index >= 15 is 0 Å². The van der Waals surface area contributed by atoms with Crippen molar-refractivity contribution in [2.45, 2.75) is 25.9 Å². The molecular weight excluding hydrogens is 330 g/mol. The Morgan fingerprint density at radius 1 is 1.32 bits per heavy atom. The predicted octanol–water partition coefficient (Wildman–Crippen LogP) is 3.23. The minimum atomic E-state index is -0.571. The highest BCUT2D eigenvalue weighted by Crippen LogP contribution is 2.28. The molecule has 5 heteroatoms. The second-order valence-electron chi connectivity index (χ2n) is 4.54. The number of aliphatic hydroxyl groups excluding tert-OH is 2. The van der Waals surface area contributed by atoms with Crippen LogP contribution in [0.4, 0.5) is 0 Å².